The van der Waals surface area contributed by atoms with Gasteiger partial charge >= 0.3 is 6.01 Å². The number of halogens is 1. The quantitative estimate of drug-likeness (QED) is 0.759. The average Bonchev–Trinajstić information content (AvgIpc) is 3.04. The summed E-state index contributed by atoms with van der Waals surface area (Å²) >= 11 is 5.70. The smallest absolute Gasteiger partial charge is 0.318 e. The van der Waals surface area contributed by atoms with Crippen molar-refractivity contribution in [2.75, 3.05) is 31.1 Å². The molecule has 2 aromatic heterocycles. The summed E-state index contributed by atoms with van der Waals surface area (Å²) in [5, 5.41) is 8.17. The zero-order valence-corrected chi connectivity index (χ0v) is 14.1. The van der Waals surface area contributed by atoms with Gasteiger partial charge in [-0.05, 0) is 12.1 Å². The number of aryl methyl sites for hydroxylation is 1. The first-order valence-electron chi connectivity index (χ1n) is 7.19. The van der Waals surface area contributed by atoms with E-state index in [1.54, 1.807) is 0 Å². The van der Waals surface area contributed by atoms with Crippen molar-refractivity contribution in [1.82, 2.24) is 19.5 Å². The van der Waals surface area contributed by atoms with Crippen molar-refractivity contribution in [3.63, 3.8) is 0 Å². The van der Waals surface area contributed by atoms with Crippen LogP contribution in [0.2, 0.25) is 5.15 Å². The van der Waals surface area contributed by atoms with Crippen LogP contribution in [0, 0.1) is 0 Å². The van der Waals surface area contributed by atoms with Crippen molar-refractivity contribution in [3.05, 3.63) is 29.4 Å². The summed E-state index contributed by atoms with van der Waals surface area (Å²) in [5.74, 6) is 0.572. The van der Waals surface area contributed by atoms with Gasteiger partial charge in [-0.1, -0.05) is 23.6 Å². The number of pyridine rings is 1. The second-order valence-corrected chi connectivity index (χ2v) is 7.36. The Bertz CT molecular complexity index is 769. The van der Waals surface area contributed by atoms with Gasteiger partial charge in [-0.3, -0.25) is 0 Å². The topological polar surface area (TPSA) is 92.4 Å². The number of nitrogens with zero attached hydrogens (tertiary/aromatic N) is 5. The van der Waals surface area contributed by atoms with Gasteiger partial charge in [0.05, 0.1) is 0 Å². The maximum atomic E-state index is 12.6. The second-order valence-electron chi connectivity index (χ2n) is 5.04. The molecule has 0 spiro atoms. The minimum absolute atomic E-state index is 0.140. The van der Waals surface area contributed by atoms with E-state index in [9.17, 15) is 8.42 Å². The van der Waals surface area contributed by atoms with Crippen LogP contribution in [0.25, 0.3) is 0 Å². The molecular formula is C13H16ClN5O3S. The maximum Gasteiger partial charge on any atom is 0.318 e. The molecule has 0 unspecified atom stereocenters. The van der Waals surface area contributed by atoms with Gasteiger partial charge in [0.25, 0.3) is 0 Å². The van der Waals surface area contributed by atoms with Gasteiger partial charge in [-0.15, -0.1) is 5.10 Å². The molecule has 1 saturated heterocycles. The minimum atomic E-state index is -3.56. The minimum Gasteiger partial charge on any atom is -0.408 e. The maximum absolute atomic E-state index is 12.6. The van der Waals surface area contributed by atoms with Crippen molar-refractivity contribution in [2.24, 2.45) is 0 Å². The number of hydrogen-bond acceptors (Lipinski definition) is 7. The zero-order chi connectivity index (χ0) is 16.4. The van der Waals surface area contributed by atoms with E-state index in [-0.39, 0.29) is 10.0 Å². The van der Waals surface area contributed by atoms with Crippen LogP contribution in [0.1, 0.15) is 12.8 Å². The Morgan fingerprint density at radius 3 is 2.52 bits per heavy atom. The van der Waals surface area contributed by atoms with E-state index < -0.39 is 10.0 Å². The predicted octanol–water partition coefficient (Wildman–Crippen LogP) is 1.19. The highest BCUT2D eigenvalue weighted by Crippen LogP contribution is 2.20. The first-order chi connectivity index (χ1) is 11.0. The van der Waals surface area contributed by atoms with Gasteiger partial charge in [0.2, 0.25) is 15.9 Å². The summed E-state index contributed by atoms with van der Waals surface area (Å²) in [6.07, 6.45) is 1.94. The Balaban J connectivity index is 1.69. The van der Waals surface area contributed by atoms with Crippen molar-refractivity contribution in [2.45, 2.75) is 18.2 Å². The Morgan fingerprint density at radius 2 is 1.96 bits per heavy atom. The molecule has 3 rings (SSSR count). The molecule has 0 aliphatic carbocycles. The van der Waals surface area contributed by atoms with Crippen molar-refractivity contribution < 1.29 is 12.8 Å². The van der Waals surface area contributed by atoms with Crippen LogP contribution in [0.3, 0.4) is 0 Å². The molecule has 0 aromatic carbocycles. The number of sulfonamides is 1. The molecule has 0 radical (unpaired) electrons. The monoisotopic (exact) mass is 357 g/mol. The molecule has 124 valence electrons. The highest BCUT2D eigenvalue weighted by atomic mass is 35.5. The lowest BCUT2D eigenvalue weighted by atomic mass is 10.4. The first kappa shape index (κ1) is 16.2. The fourth-order valence-electron chi connectivity index (χ4n) is 2.30. The van der Waals surface area contributed by atoms with Gasteiger partial charge in [0, 0.05) is 38.8 Å². The summed E-state index contributed by atoms with van der Waals surface area (Å²) < 4.78 is 32.1. The lowest BCUT2D eigenvalue weighted by molar-refractivity contribution is 0.369. The van der Waals surface area contributed by atoms with E-state index in [4.69, 9.17) is 16.0 Å². The van der Waals surface area contributed by atoms with Crippen LogP contribution >= 0.6 is 11.6 Å². The van der Waals surface area contributed by atoms with Crippen LogP contribution in [0.15, 0.2) is 27.6 Å². The van der Waals surface area contributed by atoms with Gasteiger partial charge < -0.3 is 9.32 Å². The van der Waals surface area contributed by atoms with Crippen LogP contribution in [0.5, 0.6) is 0 Å². The normalized spacial score (nSPS) is 16.7. The van der Waals surface area contributed by atoms with Crippen LogP contribution in [-0.2, 0) is 16.4 Å². The Morgan fingerprint density at radius 1 is 1.22 bits per heavy atom. The summed E-state index contributed by atoms with van der Waals surface area (Å²) in [7, 11) is -3.56. The fraction of sp³-hybridized carbons (Fsp3) is 0.462. The number of piperazine rings is 1. The first-order valence-corrected chi connectivity index (χ1v) is 9.01. The zero-order valence-electron chi connectivity index (χ0n) is 12.5. The molecule has 1 aliphatic heterocycles. The molecule has 0 N–H and O–H groups in total. The van der Waals surface area contributed by atoms with Gasteiger partial charge in [0.15, 0.2) is 0 Å². The molecule has 0 atom stereocenters. The van der Waals surface area contributed by atoms with Gasteiger partial charge in [0.1, 0.15) is 10.0 Å². The Hall–Kier alpha value is -1.71. The third kappa shape index (κ3) is 3.31. The lowest BCUT2D eigenvalue weighted by Gasteiger charge is -2.32. The molecule has 1 aliphatic rings. The third-order valence-corrected chi connectivity index (χ3v) is 5.71. The Kier molecular flexibility index (Phi) is 4.51. The third-order valence-electron chi connectivity index (χ3n) is 3.61. The second kappa shape index (κ2) is 6.42. The van der Waals surface area contributed by atoms with Gasteiger partial charge in [-0.25, -0.2) is 13.4 Å². The molecule has 3 heterocycles. The largest absolute Gasteiger partial charge is 0.408 e. The van der Waals surface area contributed by atoms with E-state index in [0.29, 0.717) is 44.5 Å². The summed E-state index contributed by atoms with van der Waals surface area (Å²) in [6.45, 7) is 3.60. The summed E-state index contributed by atoms with van der Waals surface area (Å²) in [5.41, 5.74) is 0. The van der Waals surface area contributed by atoms with Crippen LogP contribution in [-0.4, -0.2) is 54.1 Å². The lowest BCUT2D eigenvalue weighted by Crippen LogP contribution is -2.48. The van der Waals surface area contributed by atoms with E-state index >= 15 is 0 Å². The standard InChI is InChI=1S/C13H16ClN5O3S/c1-2-12-16-17-13(22-12)18-5-7-19(8-6-18)23(20,21)10-3-4-11(14)15-9-10/h3-4,9H,2,5-8H2,1H3. The molecule has 10 heteroatoms. The molecule has 23 heavy (non-hydrogen) atoms. The average molecular weight is 358 g/mol. The van der Waals surface area contributed by atoms with Crippen molar-refractivity contribution >= 4 is 27.6 Å². The number of hydrogen-bond donors (Lipinski definition) is 0. The van der Waals surface area contributed by atoms with E-state index in [2.05, 4.69) is 15.2 Å². The predicted molar refractivity (Wildman–Crippen MR) is 83.9 cm³/mol. The number of anilines is 1. The number of rotatable bonds is 4. The SMILES string of the molecule is CCc1nnc(N2CCN(S(=O)(=O)c3ccc(Cl)nc3)CC2)o1. The molecule has 0 bridgehead atoms. The molecule has 8 nitrogen and oxygen atoms in total. The Labute approximate surface area is 139 Å². The molecule has 2 aromatic rings. The van der Waals surface area contributed by atoms with Crippen molar-refractivity contribution in [1.29, 1.82) is 0 Å². The molecule has 0 amide bonds. The number of aromatic nitrogens is 3. The van der Waals surface area contributed by atoms with Crippen LogP contribution < -0.4 is 4.90 Å². The van der Waals surface area contributed by atoms with E-state index in [1.165, 1.54) is 22.6 Å². The highest BCUT2D eigenvalue weighted by molar-refractivity contribution is 7.89. The van der Waals surface area contributed by atoms with E-state index in [0.717, 1.165) is 0 Å². The van der Waals surface area contributed by atoms with E-state index in [1.807, 2.05) is 11.8 Å². The summed E-state index contributed by atoms with van der Waals surface area (Å²) in [4.78, 5) is 5.86. The van der Waals surface area contributed by atoms with Crippen LogP contribution in [0.4, 0.5) is 6.01 Å². The summed E-state index contributed by atoms with van der Waals surface area (Å²) in [6, 6.07) is 3.37. The molecular weight excluding hydrogens is 342 g/mol. The fourth-order valence-corrected chi connectivity index (χ4v) is 3.78. The highest BCUT2D eigenvalue weighted by Gasteiger charge is 2.30. The molecule has 1 fully saturated rings. The molecule has 0 saturated carbocycles. The van der Waals surface area contributed by atoms with Gasteiger partial charge in [-0.2, -0.15) is 4.31 Å². The van der Waals surface area contributed by atoms with Crippen molar-refractivity contribution in [3.8, 4) is 0 Å².